The van der Waals surface area contributed by atoms with E-state index in [9.17, 15) is 13.2 Å². The molecule has 0 saturated heterocycles. The summed E-state index contributed by atoms with van der Waals surface area (Å²) in [7, 11) is 0. The molecule has 0 N–H and O–H groups in total. The zero-order valence-electron chi connectivity index (χ0n) is 15.0. The van der Waals surface area contributed by atoms with Gasteiger partial charge in [-0.3, -0.25) is 0 Å². The molecule has 0 spiro atoms. The molecule has 1 saturated carbocycles. The quantitative estimate of drug-likeness (QED) is 0.468. The highest BCUT2D eigenvalue weighted by atomic mass is 19.2. The Morgan fingerprint density at radius 3 is 2.45 bits per heavy atom. The van der Waals surface area contributed by atoms with E-state index in [1.54, 1.807) is 24.4 Å². The van der Waals surface area contributed by atoms with E-state index in [0.717, 1.165) is 18.9 Å². The molecule has 142 valence electrons. The van der Waals surface area contributed by atoms with Crippen LogP contribution in [0.2, 0.25) is 0 Å². The topological polar surface area (TPSA) is 43.6 Å². The molecule has 0 unspecified atom stereocenters. The minimum atomic E-state index is -0.928. The molecule has 1 aliphatic carbocycles. The van der Waals surface area contributed by atoms with E-state index in [0.29, 0.717) is 33.7 Å². The molecule has 1 fully saturated rings. The number of aromatic nitrogens is 4. The Balaban J connectivity index is 1.58. The van der Waals surface area contributed by atoms with Crippen molar-refractivity contribution in [3.05, 3.63) is 77.4 Å². The van der Waals surface area contributed by atoms with Crippen LogP contribution in [0.5, 0.6) is 0 Å². The van der Waals surface area contributed by atoms with Crippen LogP contribution in [0, 0.1) is 29.3 Å². The van der Waals surface area contributed by atoms with Crippen LogP contribution in [-0.2, 0) is 0 Å². The third-order valence-corrected chi connectivity index (χ3v) is 4.74. The number of nitrogens with zero attached hydrogens (tertiary/aromatic N) is 4. The zero-order valence-corrected chi connectivity index (χ0v) is 15.0. The number of rotatable bonds is 2. The van der Waals surface area contributed by atoms with Crippen molar-refractivity contribution in [1.82, 2.24) is 19.7 Å². The van der Waals surface area contributed by atoms with E-state index in [2.05, 4.69) is 27.0 Å². The molecule has 0 atom stereocenters. The molecule has 5 rings (SSSR count). The standard InChI is InChI=1S/C22H13F3N4/c23-15-4-1-13(2-5-15)3-6-16-9-14(12-26-28-16)22-27-20-10-18(24)19(25)11-21(20)29(22)17-7-8-17/h1-2,4-5,9-12,17H,7-8H2. The van der Waals surface area contributed by atoms with Crippen molar-refractivity contribution in [3.8, 4) is 23.2 Å². The first-order chi connectivity index (χ1) is 14.1. The maximum atomic E-state index is 13.8. The molecule has 29 heavy (non-hydrogen) atoms. The van der Waals surface area contributed by atoms with Crippen LogP contribution in [0.25, 0.3) is 22.4 Å². The van der Waals surface area contributed by atoms with E-state index in [1.165, 1.54) is 18.2 Å². The number of halogens is 3. The molecule has 0 bridgehead atoms. The van der Waals surface area contributed by atoms with Crippen molar-refractivity contribution < 1.29 is 13.2 Å². The fourth-order valence-corrected chi connectivity index (χ4v) is 3.22. The second-order valence-electron chi connectivity index (χ2n) is 6.88. The first-order valence-corrected chi connectivity index (χ1v) is 9.06. The Labute approximate surface area is 164 Å². The molecular weight excluding hydrogens is 377 g/mol. The molecule has 0 aliphatic heterocycles. The highest BCUT2D eigenvalue weighted by Crippen LogP contribution is 2.41. The Kier molecular flexibility index (Phi) is 4.06. The third-order valence-electron chi connectivity index (χ3n) is 4.74. The fourth-order valence-electron chi connectivity index (χ4n) is 3.22. The summed E-state index contributed by atoms with van der Waals surface area (Å²) < 4.78 is 42.4. The lowest BCUT2D eigenvalue weighted by Crippen LogP contribution is -1.99. The van der Waals surface area contributed by atoms with Crippen LogP contribution < -0.4 is 0 Å². The Morgan fingerprint density at radius 2 is 1.69 bits per heavy atom. The van der Waals surface area contributed by atoms with Crippen LogP contribution in [-0.4, -0.2) is 19.7 Å². The van der Waals surface area contributed by atoms with Crippen molar-refractivity contribution in [1.29, 1.82) is 0 Å². The molecule has 7 heteroatoms. The molecule has 4 nitrogen and oxygen atoms in total. The summed E-state index contributed by atoms with van der Waals surface area (Å²) in [5, 5.41) is 8.01. The highest BCUT2D eigenvalue weighted by molar-refractivity contribution is 5.81. The van der Waals surface area contributed by atoms with Gasteiger partial charge in [-0.2, -0.15) is 5.10 Å². The van der Waals surface area contributed by atoms with Gasteiger partial charge in [0.25, 0.3) is 0 Å². The lowest BCUT2D eigenvalue weighted by Gasteiger charge is -2.07. The van der Waals surface area contributed by atoms with Crippen LogP contribution in [0.1, 0.15) is 30.1 Å². The number of hydrogen-bond acceptors (Lipinski definition) is 3. The number of hydrogen-bond donors (Lipinski definition) is 0. The van der Waals surface area contributed by atoms with Gasteiger partial charge in [-0.1, -0.05) is 5.92 Å². The van der Waals surface area contributed by atoms with Crippen LogP contribution in [0.4, 0.5) is 13.2 Å². The van der Waals surface area contributed by atoms with Gasteiger partial charge in [-0.05, 0) is 49.1 Å². The average molecular weight is 390 g/mol. The van der Waals surface area contributed by atoms with Gasteiger partial charge in [0.2, 0.25) is 0 Å². The second kappa shape index (κ2) is 6.74. The van der Waals surface area contributed by atoms with Gasteiger partial charge < -0.3 is 4.57 Å². The summed E-state index contributed by atoms with van der Waals surface area (Å²) in [6.07, 6.45) is 3.45. The van der Waals surface area contributed by atoms with Gasteiger partial charge in [0.05, 0.1) is 17.2 Å². The Hall–Kier alpha value is -3.66. The molecule has 2 aromatic carbocycles. The van der Waals surface area contributed by atoms with Gasteiger partial charge >= 0.3 is 0 Å². The zero-order chi connectivity index (χ0) is 20.0. The molecule has 0 radical (unpaired) electrons. The van der Waals surface area contributed by atoms with Gasteiger partial charge in [-0.15, -0.1) is 5.10 Å². The van der Waals surface area contributed by atoms with Crippen molar-refractivity contribution in [2.75, 3.05) is 0 Å². The van der Waals surface area contributed by atoms with Gasteiger partial charge in [0, 0.05) is 29.3 Å². The van der Waals surface area contributed by atoms with Crippen LogP contribution >= 0.6 is 0 Å². The summed E-state index contributed by atoms with van der Waals surface area (Å²) >= 11 is 0. The van der Waals surface area contributed by atoms with Gasteiger partial charge in [0.1, 0.15) is 17.3 Å². The molecule has 1 aliphatic rings. The number of benzene rings is 2. The van der Waals surface area contributed by atoms with Crippen molar-refractivity contribution >= 4 is 11.0 Å². The fraction of sp³-hybridized carbons (Fsp3) is 0.136. The first kappa shape index (κ1) is 17.4. The maximum absolute atomic E-state index is 13.8. The van der Waals surface area contributed by atoms with Crippen LogP contribution in [0.15, 0.2) is 48.7 Å². The molecule has 4 aromatic rings. The Morgan fingerprint density at radius 1 is 0.931 bits per heavy atom. The molecule has 0 amide bonds. The summed E-state index contributed by atoms with van der Waals surface area (Å²) in [5.41, 5.74) is 2.67. The Bertz CT molecular complexity index is 1300. The second-order valence-corrected chi connectivity index (χ2v) is 6.88. The van der Waals surface area contributed by atoms with E-state index in [4.69, 9.17) is 0 Å². The maximum Gasteiger partial charge on any atom is 0.161 e. The minimum absolute atomic E-state index is 0.196. The van der Waals surface area contributed by atoms with Gasteiger partial charge in [-0.25, -0.2) is 18.2 Å². The third kappa shape index (κ3) is 3.34. The predicted octanol–water partition coefficient (Wildman–Crippen LogP) is 4.65. The number of fused-ring (bicyclic) bond motifs is 1. The monoisotopic (exact) mass is 390 g/mol. The van der Waals surface area contributed by atoms with Gasteiger partial charge in [0.15, 0.2) is 11.6 Å². The molecular formula is C22H13F3N4. The van der Waals surface area contributed by atoms with Crippen molar-refractivity contribution in [2.24, 2.45) is 0 Å². The highest BCUT2D eigenvalue weighted by Gasteiger charge is 2.29. The lowest BCUT2D eigenvalue weighted by atomic mass is 10.2. The van der Waals surface area contributed by atoms with Crippen molar-refractivity contribution in [2.45, 2.75) is 18.9 Å². The van der Waals surface area contributed by atoms with E-state index < -0.39 is 11.6 Å². The largest absolute Gasteiger partial charge is 0.321 e. The van der Waals surface area contributed by atoms with E-state index in [-0.39, 0.29) is 11.9 Å². The van der Waals surface area contributed by atoms with E-state index in [1.807, 2.05) is 4.57 Å². The van der Waals surface area contributed by atoms with Crippen molar-refractivity contribution in [3.63, 3.8) is 0 Å². The summed E-state index contributed by atoms with van der Waals surface area (Å²) in [6, 6.07) is 10.0. The summed E-state index contributed by atoms with van der Waals surface area (Å²) in [5.74, 6) is 4.24. The lowest BCUT2D eigenvalue weighted by molar-refractivity contribution is 0.510. The normalized spacial score (nSPS) is 13.3. The summed E-state index contributed by atoms with van der Waals surface area (Å²) in [4.78, 5) is 4.51. The predicted molar refractivity (Wildman–Crippen MR) is 101 cm³/mol. The average Bonchev–Trinajstić information content (AvgIpc) is 3.50. The minimum Gasteiger partial charge on any atom is -0.321 e. The van der Waals surface area contributed by atoms with Crippen LogP contribution in [0.3, 0.4) is 0 Å². The molecule has 2 heterocycles. The number of imidazole rings is 1. The smallest absolute Gasteiger partial charge is 0.161 e. The SMILES string of the molecule is Fc1ccc(C#Cc2cc(-c3nc4cc(F)c(F)cc4n3C3CC3)cnn2)cc1. The first-order valence-electron chi connectivity index (χ1n) is 9.06. The van der Waals surface area contributed by atoms with E-state index >= 15 is 0 Å². The summed E-state index contributed by atoms with van der Waals surface area (Å²) in [6.45, 7) is 0. The molecule has 2 aromatic heterocycles.